The van der Waals surface area contributed by atoms with Gasteiger partial charge in [0.05, 0.1) is 17.6 Å². The van der Waals surface area contributed by atoms with Crippen molar-refractivity contribution in [2.45, 2.75) is 5.92 Å². The van der Waals surface area contributed by atoms with Crippen molar-refractivity contribution in [3.63, 3.8) is 0 Å². The molecule has 10 nitrogen and oxygen atoms in total. The number of non-ortho nitro benzene ring substituents is 1. The number of fused-ring (bicyclic) bond motifs is 4. The van der Waals surface area contributed by atoms with Crippen LogP contribution < -0.4 is 20.4 Å². The molecule has 1 atom stereocenters. The van der Waals surface area contributed by atoms with E-state index in [1.807, 2.05) is 36.4 Å². The van der Waals surface area contributed by atoms with Gasteiger partial charge in [-0.05, 0) is 35.9 Å². The normalized spacial score (nSPS) is 13.8. The second-order valence-corrected chi connectivity index (χ2v) is 8.31. The van der Waals surface area contributed by atoms with Crippen LogP contribution in [0.15, 0.2) is 88.3 Å². The summed E-state index contributed by atoms with van der Waals surface area (Å²) in [7, 11) is 1.59. The maximum atomic E-state index is 13.0. The van der Waals surface area contributed by atoms with E-state index < -0.39 is 16.5 Å². The Morgan fingerprint density at radius 2 is 1.73 bits per heavy atom. The monoisotopic (exact) mass is 494 g/mol. The molecule has 1 unspecified atom stereocenters. The number of anilines is 2. The minimum Gasteiger partial charge on any atom is -0.497 e. The molecule has 0 spiro atoms. The SMILES string of the molecule is COc1ccc(Nc2ncnc3c2C(c2ccc([N+](=O)[O-])cc2)c2c(c(=O)oc4ccccc24)O3)cc1. The molecular weight excluding hydrogens is 476 g/mol. The second kappa shape index (κ2) is 8.76. The number of nitro groups is 1. The molecule has 5 aromatic rings. The molecule has 37 heavy (non-hydrogen) atoms. The quantitative estimate of drug-likeness (QED) is 0.187. The van der Waals surface area contributed by atoms with Crippen LogP contribution in [0.5, 0.6) is 17.4 Å². The van der Waals surface area contributed by atoms with Gasteiger partial charge in [-0.15, -0.1) is 0 Å². The number of rotatable bonds is 5. The van der Waals surface area contributed by atoms with Crippen LogP contribution in [-0.4, -0.2) is 22.0 Å². The fourth-order valence-corrected chi connectivity index (χ4v) is 4.53. The van der Waals surface area contributed by atoms with Gasteiger partial charge in [0.1, 0.15) is 23.5 Å². The zero-order chi connectivity index (χ0) is 25.5. The topological polar surface area (TPSA) is 130 Å². The van der Waals surface area contributed by atoms with Crippen LogP contribution in [0.3, 0.4) is 0 Å². The van der Waals surface area contributed by atoms with Crippen molar-refractivity contribution in [2.75, 3.05) is 12.4 Å². The van der Waals surface area contributed by atoms with Crippen molar-refractivity contribution in [3.05, 3.63) is 116 Å². The summed E-state index contributed by atoms with van der Waals surface area (Å²) in [5.74, 6) is 0.777. The van der Waals surface area contributed by atoms with Gasteiger partial charge in [-0.25, -0.2) is 14.8 Å². The Morgan fingerprint density at radius 3 is 2.46 bits per heavy atom. The number of para-hydroxylation sites is 1. The molecule has 1 N–H and O–H groups in total. The maximum absolute atomic E-state index is 13.0. The fourth-order valence-electron chi connectivity index (χ4n) is 4.53. The number of hydrogen-bond acceptors (Lipinski definition) is 9. The third-order valence-corrected chi connectivity index (χ3v) is 6.22. The Labute approximate surface area is 209 Å². The number of aromatic nitrogens is 2. The molecular formula is C27H18N4O6. The van der Waals surface area contributed by atoms with Gasteiger partial charge in [-0.1, -0.05) is 30.3 Å². The molecule has 3 aromatic carbocycles. The lowest BCUT2D eigenvalue weighted by Gasteiger charge is -2.29. The van der Waals surface area contributed by atoms with E-state index >= 15 is 0 Å². The van der Waals surface area contributed by atoms with Gasteiger partial charge in [-0.3, -0.25) is 10.1 Å². The van der Waals surface area contributed by atoms with Crippen LogP contribution in [0.25, 0.3) is 11.0 Å². The third kappa shape index (κ3) is 3.80. The van der Waals surface area contributed by atoms with Gasteiger partial charge in [-0.2, -0.15) is 0 Å². The van der Waals surface area contributed by atoms with Crippen molar-refractivity contribution >= 4 is 28.2 Å². The molecule has 3 heterocycles. The summed E-state index contributed by atoms with van der Waals surface area (Å²) in [5, 5.41) is 15.3. The molecule has 0 bridgehead atoms. The van der Waals surface area contributed by atoms with Gasteiger partial charge >= 0.3 is 5.63 Å². The second-order valence-electron chi connectivity index (χ2n) is 8.31. The lowest BCUT2D eigenvalue weighted by molar-refractivity contribution is -0.384. The first-order chi connectivity index (χ1) is 18.0. The first-order valence-corrected chi connectivity index (χ1v) is 11.3. The number of nitrogens with zero attached hydrogens (tertiary/aromatic N) is 3. The van der Waals surface area contributed by atoms with E-state index in [0.717, 1.165) is 5.69 Å². The minimum atomic E-state index is -0.644. The number of ether oxygens (including phenoxy) is 2. The van der Waals surface area contributed by atoms with Crippen LogP contribution in [0.2, 0.25) is 0 Å². The smallest absolute Gasteiger partial charge is 0.380 e. The molecule has 0 radical (unpaired) electrons. The molecule has 0 fully saturated rings. The highest BCUT2D eigenvalue weighted by Crippen LogP contribution is 2.50. The van der Waals surface area contributed by atoms with Crippen molar-refractivity contribution in [1.82, 2.24) is 9.97 Å². The first-order valence-electron chi connectivity index (χ1n) is 11.3. The molecule has 0 amide bonds. The predicted octanol–water partition coefficient (Wildman–Crippen LogP) is 5.53. The standard InChI is InChI=1S/C27H18N4O6/c1-35-18-12-8-16(9-13-18)30-25-23-21(15-6-10-17(11-7-15)31(33)34)22-19-4-2-3-5-20(19)36-27(32)24(22)37-26(23)29-14-28-25/h2-14,21H,1H3,(H,28,29,30). The molecule has 2 aromatic heterocycles. The Bertz CT molecular complexity index is 1710. The number of nitrogens with one attached hydrogen (secondary N) is 1. The van der Waals surface area contributed by atoms with Crippen LogP contribution in [0.1, 0.15) is 22.6 Å². The highest BCUT2D eigenvalue weighted by atomic mass is 16.6. The largest absolute Gasteiger partial charge is 0.497 e. The van der Waals surface area contributed by atoms with Crippen molar-refractivity contribution in [1.29, 1.82) is 0 Å². The van der Waals surface area contributed by atoms with Gasteiger partial charge in [0, 0.05) is 34.7 Å². The average molecular weight is 494 g/mol. The lowest BCUT2D eigenvalue weighted by atomic mass is 9.82. The molecule has 0 saturated carbocycles. The van der Waals surface area contributed by atoms with Crippen molar-refractivity contribution in [2.24, 2.45) is 0 Å². The van der Waals surface area contributed by atoms with Crippen molar-refractivity contribution in [3.8, 4) is 17.4 Å². The van der Waals surface area contributed by atoms with Crippen LogP contribution in [0, 0.1) is 10.1 Å². The van der Waals surface area contributed by atoms with Crippen LogP contribution >= 0.6 is 0 Å². The van der Waals surface area contributed by atoms with E-state index in [1.54, 1.807) is 31.4 Å². The molecule has 1 aliphatic rings. The Kier molecular flexibility index (Phi) is 5.26. The Balaban J connectivity index is 1.59. The Morgan fingerprint density at radius 1 is 0.973 bits per heavy atom. The van der Waals surface area contributed by atoms with Gasteiger partial charge in [0.2, 0.25) is 11.6 Å². The summed E-state index contributed by atoms with van der Waals surface area (Å²) < 4.78 is 16.8. The van der Waals surface area contributed by atoms with Gasteiger partial charge in [0.25, 0.3) is 5.69 Å². The average Bonchev–Trinajstić information content (AvgIpc) is 2.93. The number of methoxy groups -OCH3 is 1. The number of benzene rings is 3. The molecule has 6 rings (SSSR count). The lowest BCUT2D eigenvalue weighted by Crippen LogP contribution is -2.20. The summed E-state index contributed by atoms with van der Waals surface area (Å²) in [4.78, 5) is 32.6. The molecule has 0 aliphatic carbocycles. The van der Waals surface area contributed by atoms with Crippen molar-refractivity contribution < 1.29 is 18.8 Å². The van der Waals surface area contributed by atoms with E-state index in [4.69, 9.17) is 13.9 Å². The molecule has 10 heteroatoms. The first kappa shape index (κ1) is 22.2. The molecule has 0 saturated heterocycles. The van der Waals surface area contributed by atoms with Crippen LogP contribution in [-0.2, 0) is 0 Å². The zero-order valence-electron chi connectivity index (χ0n) is 19.4. The summed E-state index contributed by atoms with van der Waals surface area (Å²) >= 11 is 0. The van der Waals surface area contributed by atoms with E-state index in [2.05, 4.69) is 15.3 Å². The van der Waals surface area contributed by atoms with E-state index in [1.165, 1.54) is 18.5 Å². The van der Waals surface area contributed by atoms with Gasteiger partial charge in [0.15, 0.2) is 0 Å². The predicted molar refractivity (Wildman–Crippen MR) is 135 cm³/mol. The highest BCUT2D eigenvalue weighted by Gasteiger charge is 2.37. The minimum absolute atomic E-state index is 0.0173. The number of nitro benzene ring substituents is 1. The molecule has 1 aliphatic heterocycles. The highest BCUT2D eigenvalue weighted by molar-refractivity contribution is 5.86. The Hall–Kier alpha value is -5.25. The van der Waals surface area contributed by atoms with E-state index in [-0.39, 0.29) is 17.3 Å². The third-order valence-electron chi connectivity index (χ3n) is 6.22. The number of hydrogen-bond donors (Lipinski definition) is 1. The fraction of sp³-hybridized carbons (Fsp3) is 0.0741. The molecule has 182 valence electrons. The van der Waals surface area contributed by atoms with E-state index in [9.17, 15) is 14.9 Å². The summed E-state index contributed by atoms with van der Waals surface area (Å²) in [6.07, 6.45) is 1.34. The summed E-state index contributed by atoms with van der Waals surface area (Å²) in [5.41, 5.74) is 2.29. The van der Waals surface area contributed by atoms with Crippen LogP contribution in [0.4, 0.5) is 17.2 Å². The summed E-state index contributed by atoms with van der Waals surface area (Å²) in [6.45, 7) is 0. The zero-order valence-corrected chi connectivity index (χ0v) is 19.4. The summed E-state index contributed by atoms with van der Waals surface area (Å²) in [6, 6.07) is 20.6. The van der Waals surface area contributed by atoms with Gasteiger partial charge < -0.3 is 19.2 Å². The maximum Gasteiger partial charge on any atom is 0.380 e. The van der Waals surface area contributed by atoms with E-state index in [0.29, 0.717) is 39.2 Å².